The van der Waals surface area contributed by atoms with Crippen molar-refractivity contribution in [2.75, 3.05) is 5.32 Å². The van der Waals surface area contributed by atoms with E-state index in [1.165, 1.54) is 0 Å². The zero-order valence-electron chi connectivity index (χ0n) is 12.9. The fraction of sp³-hybridized carbons (Fsp3) is 0.333. The molecule has 2 aromatic carbocycles. The molecule has 0 aromatic heterocycles. The van der Waals surface area contributed by atoms with Gasteiger partial charge in [-0.05, 0) is 38.0 Å². The van der Waals surface area contributed by atoms with E-state index in [1.807, 2.05) is 49.4 Å². The first-order valence-electron chi connectivity index (χ1n) is 7.38. The van der Waals surface area contributed by atoms with Crippen LogP contribution in [0.15, 0.2) is 42.5 Å². The van der Waals surface area contributed by atoms with Gasteiger partial charge in [0.05, 0.1) is 6.10 Å². The van der Waals surface area contributed by atoms with Crippen LogP contribution in [0.1, 0.15) is 31.4 Å². The van der Waals surface area contributed by atoms with E-state index in [2.05, 4.69) is 19.2 Å². The number of nitrogens with one attached hydrogen (secondary N) is 1. The quantitative estimate of drug-likeness (QED) is 0.821. The van der Waals surface area contributed by atoms with E-state index >= 15 is 0 Å². The van der Waals surface area contributed by atoms with Crippen LogP contribution in [0.4, 0.5) is 5.69 Å². The molecule has 0 aliphatic rings. The van der Waals surface area contributed by atoms with Gasteiger partial charge in [-0.1, -0.05) is 31.2 Å². The van der Waals surface area contributed by atoms with Gasteiger partial charge in [0.15, 0.2) is 0 Å². The van der Waals surface area contributed by atoms with E-state index < -0.39 is 0 Å². The fourth-order valence-electron chi connectivity index (χ4n) is 2.05. The highest BCUT2D eigenvalue weighted by molar-refractivity contribution is 5.50. The molecule has 0 aliphatic carbocycles. The van der Waals surface area contributed by atoms with E-state index in [1.54, 1.807) is 0 Å². The third-order valence-corrected chi connectivity index (χ3v) is 3.55. The summed E-state index contributed by atoms with van der Waals surface area (Å²) in [6.45, 7) is 6.65. The molecule has 112 valence electrons. The van der Waals surface area contributed by atoms with Crippen molar-refractivity contribution in [3.8, 4) is 11.5 Å². The van der Waals surface area contributed by atoms with Gasteiger partial charge in [-0.15, -0.1) is 0 Å². The van der Waals surface area contributed by atoms with Gasteiger partial charge in [0.25, 0.3) is 0 Å². The molecule has 1 unspecified atom stereocenters. The maximum atomic E-state index is 10.0. The molecule has 0 amide bonds. The second-order valence-electron chi connectivity index (χ2n) is 5.30. The number of hydrogen-bond acceptors (Lipinski definition) is 3. The molecule has 0 heterocycles. The van der Waals surface area contributed by atoms with E-state index in [4.69, 9.17) is 4.74 Å². The van der Waals surface area contributed by atoms with Crippen LogP contribution >= 0.6 is 0 Å². The maximum Gasteiger partial charge on any atom is 0.123 e. The summed E-state index contributed by atoms with van der Waals surface area (Å²) >= 11 is 0. The minimum absolute atomic E-state index is 0.209. The normalized spacial score (nSPS) is 12.0. The molecule has 2 rings (SSSR count). The number of rotatable bonds is 6. The maximum absolute atomic E-state index is 10.0. The predicted octanol–water partition coefficient (Wildman–Crippen LogP) is 4.49. The summed E-state index contributed by atoms with van der Waals surface area (Å²) in [6, 6.07) is 13.7. The molecule has 0 spiro atoms. The summed E-state index contributed by atoms with van der Waals surface area (Å²) in [7, 11) is 0. The van der Waals surface area contributed by atoms with Gasteiger partial charge in [-0.2, -0.15) is 0 Å². The van der Waals surface area contributed by atoms with Crippen molar-refractivity contribution in [1.82, 2.24) is 0 Å². The van der Waals surface area contributed by atoms with Crippen molar-refractivity contribution < 1.29 is 9.84 Å². The number of anilines is 1. The first-order chi connectivity index (χ1) is 10.1. The highest BCUT2D eigenvalue weighted by Crippen LogP contribution is 2.24. The Morgan fingerprint density at radius 2 is 1.95 bits per heavy atom. The van der Waals surface area contributed by atoms with Crippen LogP contribution in [0.25, 0.3) is 0 Å². The molecule has 0 aliphatic heterocycles. The highest BCUT2D eigenvalue weighted by atomic mass is 16.5. The number of phenolic OH excluding ortho intramolecular Hbond substituents is 1. The van der Waals surface area contributed by atoms with Crippen molar-refractivity contribution in [1.29, 1.82) is 0 Å². The zero-order chi connectivity index (χ0) is 15.2. The van der Waals surface area contributed by atoms with Gasteiger partial charge >= 0.3 is 0 Å². The van der Waals surface area contributed by atoms with Crippen molar-refractivity contribution in [3.63, 3.8) is 0 Å². The molecule has 1 atom stereocenters. The monoisotopic (exact) mass is 285 g/mol. The lowest BCUT2D eigenvalue weighted by atomic mass is 10.1. The van der Waals surface area contributed by atoms with Crippen molar-refractivity contribution in [2.45, 2.75) is 39.8 Å². The Morgan fingerprint density at radius 1 is 1.19 bits per heavy atom. The summed E-state index contributed by atoms with van der Waals surface area (Å²) in [5, 5.41) is 13.3. The van der Waals surface area contributed by atoms with Crippen LogP contribution in [0, 0.1) is 6.92 Å². The third-order valence-electron chi connectivity index (χ3n) is 3.55. The molecular formula is C18H23NO2. The van der Waals surface area contributed by atoms with Crippen LogP contribution in [0.2, 0.25) is 0 Å². The minimum atomic E-state index is 0.209. The average Bonchev–Trinajstić information content (AvgIpc) is 2.49. The molecule has 21 heavy (non-hydrogen) atoms. The minimum Gasteiger partial charge on any atom is -0.507 e. The van der Waals surface area contributed by atoms with E-state index in [9.17, 15) is 5.11 Å². The molecular weight excluding hydrogens is 262 g/mol. The summed E-state index contributed by atoms with van der Waals surface area (Å²) in [5.74, 6) is 1.22. The van der Waals surface area contributed by atoms with Crippen LogP contribution < -0.4 is 10.1 Å². The molecule has 0 bridgehead atoms. The molecule has 0 saturated heterocycles. The Labute approximate surface area is 126 Å². The van der Waals surface area contributed by atoms with E-state index in [0.29, 0.717) is 12.3 Å². The van der Waals surface area contributed by atoms with E-state index in [0.717, 1.165) is 29.0 Å². The average molecular weight is 285 g/mol. The topological polar surface area (TPSA) is 41.5 Å². The number of phenols is 1. The fourth-order valence-corrected chi connectivity index (χ4v) is 2.05. The largest absolute Gasteiger partial charge is 0.507 e. The summed E-state index contributed by atoms with van der Waals surface area (Å²) < 4.78 is 5.81. The van der Waals surface area contributed by atoms with Crippen molar-refractivity contribution in [2.24, 2.45) is 0 Å². The molecule has 0 radical (unpaired) electrons. The standard InChI is InChI=1S/C18H23NO2/c1-4-14(3)21-17-10-6-9-16(11-17)19-12-15-8-5-7-13(2)18(15)20/h5-11,14,19-20H,4,12H2,1-3H3. The van der Waals surface area contributed by atoms with Gasteiger partial charge in [0, 0.05) is 23.9 Å². The molecule has 2 N–H and O–H groups in total. The first-order valence-corrected chi connectivity index (χ1v) is 7.38. The Bertz CT molecular complexity index is 596. The van der Waals surface area contributed by atoms with Gasteiger partial charge < -0.3 is 15.2 Å². The number of aryl methyl sites for hydroxylation is 1. The first kappa shape index (κ1) is 15.2. The SMILES string of the molecule is CCC(C)Oc1cccc(NCc2cccc(C)c2O)c1. The lowest BCUT2D eigenvalue weighted by molar-refractivity contribution is 0.217. The van der Waals surface area contributed by atoms with E-state index in [-0.39, 0.29) is 6.10 Å². The molecule has 2 aromatic rings. The van der Waals surface area contributed by atoms with Gasteiger partial charge in [-0.3, -0.25) is 0 Å². The van der Waals surface area contributed by atoms with Gasteiger partial charge in [0.1, 0.15) is 11.5 Å². The molecule has 3 nitrogen and oxygen atoms in total. The summed E-state index contributed by atoms with van der Waals surface area (Å²) in [6.07, 6.45) is 1.19. The zero-order valence-corrected chi connectivity index (χ0v) is 12.9. The number of benzene rings is 2. The number of para-hydroxylation sites is 1. The highest BCUT2D eigenvalue weighted by Gasteiger charge is 2.05. The number of aromatic hydroxyl groups is 1. The van der Waals surface area contributed by atoms with Crippen LogP contribution in [0.3, 0.4) is 0 Å². The van der Waals surface area contributed by atoms with Gasteiger partial charge in [-0.25, -0.2) is 0 Å². The second kappa shape index (κ2) is 7.02. The van der Waals surface area contributed by atoms with Crippen LogP contribution in [-0.2, 0) is 6.54 Å². The predicted molar refractivity (Wildman–Crippen MR) is 87.0 cm³/mol. The van der Waals surface area contributed by atoms with Crippen molar-refractivity contribution >= 4 is 5.69 Å². The third kappa shape index (κ3) is 4.15. The molecule has 0 saturated carbocycles. The smallest absolute Gasteiger partial charge is 0.123 e. The van der Waals surface area contributed by atoms with Crippen LogP contribution in [0.5, 0.6) is 11.5 Å². The molecule has 3 heteroatoms. The Morgan fingerprint density at radius 3 is 2.71 bits per heavy atom. The number of ether oxygens (including phenoxy) is 1. The Balaban J connectivity index is 2.03. The summed E-state index contributed by atoms with van der Waals surface area (Å²) in [5.41, 5.74) is 2.77. The van der Waals surface area contributed by atoms with Crippen LogP contribution in [-0.4, -0.2) is 11.2 Å². The molecule has 0 fully saturated rings. The lowest BCUT2D eigenvalue weighted by Crippen LogP contribution is -2.09. The Hall–Kier alpha value is -2.16. The van der Waals surface area contributed by atoms with Gasteiger partial charge in [0.2, 0.25) is 0 Å². The van der Waals surface area contributed by atoms with Crippen molar-refractivity contribution in [3.05, 3.63) is 53.6 Å². The number of hydrogen-bond donors (Lipinski definition) is 2. The second-order valence-corrected chi connectivity index (χ2v) is 5.30. The summed E-state index contributed by atoms with van der Waals surface area (Å²) in [4.78, 5) is 0. The Kier molecular flexibility index (Phi) is 5.09. The lowest BCUT2D eigenvalue weighted by Gasteiger charge is -2.14.